The first-order valence-corrected chi connectivity index (χ1v) is 7.97. The maximum absolute atomic E-state index is 12.2. The van der Waals surface area contributed by atoms with Gasteiger partial charge in [-0.25, -0.2) is 0 Å². The van der Waals surface area contributed by atoms with E-state index < -0.39 is 0 Å². The highest BCUT2D eigenvalue weighted by atomic mass is 16.1. The molecular formula is C16H34N3O+. The van der Waals surface area contributed by atoms with Gasteiger partial charge in [0.05, 0.1) is 34.1 Å². The second-order valence-corrected chi connectivity index (χ2v) is 7.79. The quantitative estimate of drug-likeness (QED) is 0.753. The highest BCUT2D eigenvalue weighted by molar-refractivity contribution is 5.76. The van der Waals surface area contributed by atoms with E-state index in [0.717, 1.165) is 24.0 Å². The first-order chi connectivity index (χ1) is 9.11. The van der Waals surface area contributed by atoms with Crippen molar-refractivity contribution in [3.8, 4) is 0 Å². The van der Waals surface area contributed by atoms with Gasteiger partial charge < -0.3 is 9.80 Å². The number of amides is 1. The van der Waals surface area contributed by atoms with Crippen molar-refractivity contribution in [2.45, 2.75) is 58.7 Å². The van der Waals surface area contributed by atoms with Crippen molar-refractivity contribution >= 4 is 5.91 Å². The van der Waals surface area contributed by atoms with Crippen LogP contribution in [0.5, 0.6) is 0 Å². The second-order valence-electron chi connectivity index (χ2n) is 7.79. The Bertz CT molecular complexity index is 320. The van der Waals surface area contributed by atoms with Gasteiger partial charge in [-0.05, 0) is 26.2 Å². The van der Waals surface area contributed by atoms with E-state index in [1.807, 2.05) is 0 Å². The highest BCUT2D eigenvalue weighted by Crippen LogP contribution is 2.26. The zero-order valence-corrected chi connectivity index (χ0v) is 14.4. The van der Waals surface area contributed by atoms with Crippen LogP contribution in [-0.4, -0.2) is 67.6 Å². The molecule has 0 aromatic heterocycles. The van der Waals surface area contributed by atoms with Gasteiger partial charge in [0.1, 0.15) is 0 Å². The zero-order valence-electron chi connectivity index (χ0n) is 14.4. The van der Waals surface area contributed by atoms with E-state index in [9.17, 15) is 4.79 Å². The molecule has 118 valence electrons. The predicted molar refractivity (Wildman–Crippen MR) is 84.5 cm³/mol. The van der Waals surface area contributed by atoms with Crippen LogP contribution in [-0.2, 0) is 4.79 Å². The summed E-state index contributed by atoms with van der Waals surface area (Å²) in [7, 11) is 6.38. The molecule has 0 aliphatic carbocycles. The average molecular weight is 284 g/mol. The topological polar surface area (TPSA) is 32.3 Å². The van der Waals surface area contributed by atoms with E-state index in [2.05, 4.69) is 59.1 Å². The fourth-order valence-electron chi connectivity index (χ4n) is 3.16. The predicted octanol–water partition coefficient (Wildman–Crippen LogP) is 1.71. The van der Waals surface area contributed by atoms with E-state index in [-0.39, 0.29) is 5.91 Å². The molecule has 1 heterocycles. The summed E-state index contributed by atoms with van der Waals surface area (Å²) in [5.41, 5.74) is 0. The molecule has 0 aromatic carbocycles. The van der Waals surface area contributed by atoms with Crippen molar-refractivity contribution in [2.24, 2.45) is 5.92 Å². The Morgan fingerprint density at radius 2 is 1.85 bits per heavy atom. The van der Waals surface area contributed by atoms with Crippen LogP contribution in [0.15, 0.2) is 0 Å². The summed E-state index contributed by atoms with van der Waals surface area (Å²) in [5.74, 6) is 0.780. The van der Waals surface area contributed by atoms with Crippen molar-refractivity contribution in [3.05, 3.63) is 0 Å². The Hall–Kier alpha value is -0.610. The standard InChI is InChI=1S/C16H33N3O/c1-12(2)16-14(8-10-18(16)13(3)4)17-15(20)9-11-19(5,6)7/h12-14,16H,8-11H2,1-7H3/p+1. The van der Waals surface area contributed by atoms with E-state index in [4.69, 9.17) is 0 Å². The number of likely N-dealkylation sites (tertiary alicyclic amines) is 1. The molecule has 0 radical (unpaired) electrons. The number of rotatable bonds is 6. The van der Waals surface area contributed by atoms with E-state index >= 15 is 0 Å². The third-order valence-corrected chi connectivity index (χ3v) is 4.20. The van der Waals surface area contributed by atoms with E-state index in [0.29, 0.717) is 30.5 Å². The first kappa shape index (κ1) is 17.4. The summed E-state index contributed by atoms with van der Waals surface area (Å²) in [6.07, 6.45) is 1.70. The van der Waals surface area contributed by atoms with Gasteiger partial charge in [0.25, 0.3) is 0 Å². The highest BCUT2D eigenvalue weighted by Gasteiger charge is 2.38. The molecule has 1 aliphatic rings. The number of hydrogen-bond donors (Lipinski definition) is 1. The van der Waals surface area contributed by atoms with Crippen LogP contribution in [0.25, 0.3) is 0 Å². The summed E-state index contributed by atoms with van der Waals surface area (Å²) >= 11 is 0. The van der Waals surface area contributed by atoms with Gasteiger partial charge in [0, 0.05) is 24.7 Å². The van der Waals surface area contributed by atoms with Crippen molar-refractivity contribution < 1.29 is 9.28 Å². The van der Waals surface area contributed by atoms with Crippen LogP contribution < -0.4 is 5.32 Å². The summed E-state index contributed by atoms with van der Waals surface area (Å²) in [5, 5.41) is 3.28. The zero-order chi connectivity index (χ0) is 15.5. The molecule has 1 saturated heterocycles. The molecule has 1 amide bonds. The molecule has 4 heteroatoms. The van der Waals surface area contributed by atoms with Gasteiger partial charge in [-0.3, -0.25) is 9.69 Å². The van der Waals surface area contributed by atoms with Crippen LogP contribution >= 0.6 is 0 Å². The van der Waals surface area contributed by atoms with Gasteiger partial charge >= 0.3 is 0 Å². The largest absolute Gasteiger partial charge is 0.352 e. The molecule has 20 heavy (non-hydrogen) atoms. The van der Waals surface area contributed by atoms with Crippen molar-refractivity contribution in [1.82, 2.24) is 10.2 Å². The summed E-state index contributed by atoms with van der Waals surface area (Å²) in [6, 6.07) is 1.34. The van der Waals surface area contributed by atoms with Gasteiger partial charge in [-0.15, -0.1) is 0 Å². The van der Waals surface area contributed by atoms with Crippen molar-refractivity contribution in [3.63, 3.8) is 0 Å². The van der Waals surface area contributed by atoms with E-state index in [1.54, 1.807) is 0 Å². The first-order valence-electron chi connectivity index (χ1n) is 7.97. The van der Waals surface area contributed by atoms with Gasteiger partial charge in [0.15, 0.2) is 0 Å². The molecule has 0 spiro atoms. The smallest absolute Gasteiger partial charge is 0.225 e. The summed E-state index contributed by atoms with van der Waals surface area (Å²) in [4.78, 5) is 14.7. The molecule has 4 nitrogen and oxygen atoms in total. The number of hydrogen-bond acceptors (Lipinski definition) is 2. The third kappa shape index (κ3) is 5.06. The fourth-order valence-corrected chi connectivity index (χ4v) is 3.16. The number of quaternary nitrogens is 1. The molecule has 0 aromatic rings. The minimum atomic E-state index is 0.208. The molecule has 0 bridgehead atoms. The normalized spacial score (nSPS) is 24.6. The van der Waals surface area contributed by atoms with Crippen LogP contribution in [0, 0.1) is 5.92 Å². The number of carbonyl (C=O) groups excluding carboxylic acids is 1. The second kappa shape index (κ2) is 6.90. The van der Waals surface area contributed by atoms with Gasteiger partial charge in [-0.1, -0.05) is 13.8 Å². The fraction of sp³-hybridized carbons (Fsp3) is 0.938. The Labute approximate surface area is 125 Å². The lowest BCUT2D eigenvalue weighted by molar-refractivity contribution is -0.869. The molecule has 1 aliphatic heterocycles. The average Bonchev–Trinajstić information content (AvgIpc) is 2.69. The van der Waals surface area contributed by atoms with Gasteiger partial charge in [0.2, 0.25) is 5.91 Å². The minimum Gasteiger partial charge on any atom is -0.352 e. The van der Waals surface area contributed by atoms with Crippen LogP contribution in [0.3, 0.4) is 0 Å². The number of nitrogens with zero attached hydrogens (tertiary/aromatic N) is 2. The van der Waals surface area contributed by atoms with E-state index in [1.165, 1.54) is 0 Å². The molecule has 1 rings (SSSR count). The SMILES string of the molecule is CC(C)C1C(NC(=O)CC[N+](C)(C)C)CCN1C(C)C. The summed E-state index contributed by atoms with van der Waals surface area (Å²) in [6.45, 7) is 11.0. The van der Waals surface area contributed by atoms with Crippen molar-refractivity contribution in [2.75, 3.05) is 34.2 Å². The lowest BCUT2D eigenvalue weighted by Gasteiger charge is -2.34. The van der Waals surface area contributed by atoms with Gasteiger partial charge in [-0.2, -0.15) is 0 Å². The molecule has 2 atom stereocenters. The summed E-state index contributed by atoms with van der Waals surface area (Å²) < 4.78 is 0.837. The monoisotopic (exact) mass is 284 g/mol. The van der Waals surface area contributed by atoms with Crippen LogP contribution in [0.1, 0.15) is 40.5 Å². The lowest BCUT2D eigenvalue weighted by atomic mass is 9.96. The van der Waals surface area contributed by atoms with Crippen LogP contribution in [0.2, 0.25) is 0 Å². The third-order valence-electron chi connectivity index (χ3n) is 4.20. The van der Waals surface area contributed by atoms with Crippen molar-refractivity contribution in [1.29, 1.82) is 0 Å². The molecule has 1 N–H and O–H groups in total. The number of nitrogens with one attached hydrogen (secondary N) is 1. The molecule has 0 saturated carbocycles. The molecule has 1 fully saturated rings. The van der Waals surface area contributed by atoms with Crippen LogP contribution in [0.4, 0.5) is 0 Å². The lowest BCUT2D eigenvalue weighted by Crippen LogP contribution is -2.50. The Balaban J connectivity index is 2.56. The molecule has 2 unspecified atom stereocenters. The molecular weight excluding hydrogens is 250 g/mol. The maximum atomic E-state index is 12.2. The maximum Gasteiger partial charge on any atom is 0.225 e. The minimum absolute atomic E-state index is 0.208. The Morgan fingerprint density at radius 3 is 2.30 bits per heavy atom. The Morgan fingerprint density at radius 1 is 1.25 bits per heavy atom. The number of carbonyl (C=O) groups is 1. The Kier molecular flexibility index (Phi) is 6.02.